The minimum absolute atomic E-state index is 0.123. The molecule has 2 aromatic rings. The van der Waals surface area contributed by atoms with Crippen LogP contribution in [0.25, 0.3) is 0 Å². The van der Waals surface area contributed by atoms with E-state index < -0.39 is 210 Å². The number of anilines is 2. The average molecular weight is 1480 g/mol. The van der Waals surface area contributed by atoms with Crippen molar-refractivity contribution in [2.75, 3.05) is 36.0 Å². The van der Waals surface area contributed by atoms with Gasteiger partial charge in [-0.2, -0.15) is 220 Å². The molecule has 2 aromatic heterocycles. The molecule has 3 heterocycles. The van der Waals surface area contributed by atoms with Gasteiger partial charge in [0.2, 0.25) is 0 Å². The summed E-state index contributed by atoms with van der Waals surface area (Å²) in [6.45, 7) is -5.19. The zero-order valence-electron chi connectivity index (χ0n) is 41.0. The molecule has 0 spiro atoms. The van der Waals surface area contributed by atoms with Gasteiger partial charge in [-0.3, -0.25) is 4.98 Å². The van der Waals surface area contributed by atoms with Gasteiger partial charge in [0.1, 0.15) is 17.2 Å². The van der Waals surface area contributed by atoms with E-state index in [1.165, 1.54) is 0 Å². The van der Waals surface area contributed by atoms with Crippen LogP contribution < -0.4 is 9.80 Å². The molecule has 0 saturated carbocycles. The average Bonchev–Trinajstić information content (AvgIpc) is 0.691. The molecule has 0 radical (unpaired) electrons. The fraction of sp³-hybridized carbons (Fsp3) is 0.737. The highest BCUT2D eigenvalue weighted by atomic mass is 19.5. The van der Waals surface area contributed by atoms with Crippen LogP contribution in [0.1, 0.15) is 11.4 Å². The van der Waals surface area contributed by atoms with Crippen molar-refractivity contribution >= 4 is 11.5 Å². The standard InChI is InChI=1S/C38H14F50N4/c39-15(40,17(43,44)19(47,48)21(51,52)23(55,56)25(59,60)27(63,64)29(67,68)31(71,72)33(75,76)35(79,80)37(83,84)85)12-2-1-3-14(90-12)92-8-6-91(7-9-92)11-4-5-89-13(10-11)16(41,42)18(45,46)20(49,50)22(53,54)24(57,58)26(61,62)28(65,66)30(69,70)32(73,74)34(77,78)36(81,82)38(86,87)88/h1-5,10H,6-9H2. The summed E-state index contributed by atoms with van der Waals surface area (Å²) in [5.74, 6) is -207. The molecule has 0 aromatic carbocycles. The maximum absolute atomic E-state index is 15.2. The van der Waals surface area contributed by atoms with Gasteiger partial charge in [0.25, 0.3) is 0 Å². The first-order valence-electron chi connectivity index (χ1n) is 21.5. The van der Waals surface area contributed by atoms with Crippen molar-refractivity contribution in [2.45, 2.75) is 143 Å². The number of rotatable bonds is 24. The molecule has 4 nitrogen and oxygen atoms in total. The fourth-order valence-corrected chi connectivity index (χ4v) is 6.98. The van der Waals surface area contributed by atoms with Crippen molar-refractivity contribution in [3.63, 3.8) is 0 Å². The summed E-state index contributed by atoms with van der Waals surface area (Å²) < 4.78 is 699. The van der Waals surface area contributed by atoms with E-state index in [0.717, 1.165) is 0 Å². The van der Waals surface area contributed by atoms with E-state index in [4.69, 9.17) is 0 Å². The normalized spacial score (nSPS) is 17.5. The smallest absolute Gasteiger partial charge is 0.368 e. The van der Waals surface area contributed by atoms with Crippen LogP contribution >= 0.6 is 0 Å². The zero-order valence-corrected chi connectivity index (χ0v) is 41.0. The molecule has 1 fully saturated rings. The van der Waals surface area contributed by atoms with E-state index in [9.17, 15) is 202 Å². The Labute approximate surface area is 468 Å². The maximum Gasteiger partial charge on any atom is 0.460 e. The summed E-state index contributed by atoms with van der Waals surface area (Å²) in [7, 11) is 0. The second kappa shape index (κ2) is 21.5. The molecule has 0 atom stereocenters. The molecule has 0 aliphatic carbocycles. The van der Waals surface area contributed by atoms with E-state index >= 15 is 17.6 Å². The maximum atomic E-state index is 15.2. The lowest BCUT2D eigenvalue weighted by Crippen LogP contribution is -2.78. The third-order valence-electron chi connectivity index (χ3n) is 12.7. The second-order valence-corrected chi connectivity index (χ2v) is 18.4. The van der Waals surface area contributed by atoms with Crippen LogP contribution in [-0.2, 0) is 11.8 Å². The lowest BCUT2D eigenvalue weighted by atomic mass is 9.84. The Morgan fingerprint density at radius 1 is 0.239 bits per heavy atom. The van der Waals surface area contributed by atoms with Crippen LogP contribution in [-0.4, -0.2) is 167 Å². The van der Waals surface area contributed by atoms with Gasteiger partial charge in [-0.05, 0) is 24.3 Å². The first kappa shape index (κ1) is 80.6. The number of hydrogen-bond acceptors (Lipinski definition) is 4. The van der Waals surface area contributed by atoms with Gasteiger partial charge in [0, 0.05) is 38.1 Å². The molecule has 3 rings (SSSR count). The van der Waals surface area contributed by atoms with Crippen LogP contribution in [0.2, 0.25) is 0 Å². The molecule has 54 heteroatoms. The number of pyridine rings is 2. The van der Waals surface area contributed by atoms with Gasteiger partial charge in [-0.1, -0.05) is 6.07 Å². The van der Waals surface area contributed by atoms with E-state index in [1.54, 1.807) is 0 Å². The van der Waals surface area contributed by atoms with E-state index in [-0.39, 0.29) is 28.0 Å². The number of nitrogens with zero attached hydrogens (tertiary/aromatic N) is 4. The Morgan fingerprint density at radius 2 is 0.457 bits per heavy atom. The van der Waals surface area contributed by atoms with Crippen molar-refractivity contribution in [2.24, 2.45) is 0 Å². The number of halogens is 50. The van der Waals surface area contributed by atoms with Gasteiger partial charge in [0.05, 0.1) is 0 Å². The largest absolute Gasteiger partial charge is 0.460 e. The van der Waals surface area contributed by atoms with Crippen LogP contribution in [0, 0.1) is 0 Å². The topological polar surface area (TPSA) is 32.3 Å². The zero-order chi connectivity index (χ0) is 73.9. The van der Waals surface area contributed by atoms with Gasteiger partial charge in [-0.25, -0.2) is 4.98 Å². The minimum atomic E-state index is -9.94. The van der Waals surface area contributed by atoms with Gasteiger partial charge >= 0.3 is 143 Å². The molecular formula is C38H14F50N4. The number of piperazine rings is 1. The van der Waals surface area contributed by atoms with Crippen LogP contribution in [0.3, 0.4) is 0 Å². The fourth-order valence-electron chi connectivity index (χ4n) is 6.98. The second-order valence-electron chi connectivity index (χ2n) is 18.4. The predicted molar refractivity (Wildman–Crippen MR) is 192 cm³/mol. The monoisotopic (exact) mass is 1480 g/mol. The van der Waals surface area contributed by atoms with Crippen molar-refractivity contribution in [3.05, 3.63) is 47.9 Å². The first-order valence-corrected chi connectivity index (χ1v) is 21.5. The summed E-state index contributed by atoms with van der Waals surface area (Å²) in [6, 6.07) is -1.62. The third-order valence-corrected chi connectivity index (χ3v) is 12.7. The van der Waals surface area contributed by atoms with Crippen molar-refractivity contribution < 1.29 is 220 Å². The Kier molecular flexibility index (Phi) is 18.8. The Morgan fingerprint density at radius 3 is 0.707 bits per heavy atom. The summed E-state index contributed by atoms with van der Waals surface area (Å²) in [5, 5.41) is 0. The third kappa shape index (κ3) is 9.99. The molecule has 536 valence electrons. The molecule has 0 unspecified atom stereocenters. The molecular weight excluding hydrogens is 1460 g/mol. The molecule has 0 N–H and O–H groups in total. The highest BCUT2D eigenvalue weighted by molar-refractivity contribution is 5.51. The van der Waals surface area contributed by atoms with E-state index in [0.29, 0.717) is 0 Å². The van der Waals surface area contributed by atoms with Crippen LogP contribution in [0.15, 0.2) is 36.5 Å². The van der Waals surface area contributed by atoms with E-state index in [1.807, 2.05) is 0 Å². The number of aromatic nitrogens is 2. The summed E-state index contributed by atoms with van der Waals surface area (Å²) in [5.41, 5.74) is -8.03. The summed E-state index contributed by atoms with van der Waals surface area (Å²) >= 11 is 0. The highest BCUT2D eigenvalue weighted by Crippen LogP contribution is 2.71. The van der Waals surface area contributed by atoms with E-state index in [2.05, 4.69) is 9.97 Å². The Hall–Kier alpha value is -5.60. The van der Waals surface area contributed by atoms with Gasteiger partial charge in [0.15, 0.2) is 0 Å². The molecule has 0 amide bonds. The Bertz CT molecular complexity index is 2780. The molecule has 1 aliphatic heterocycles. The molecule has 0 bridgehead atoms. The number of hydrogen-bond donors (Lipinski definition) is 0. The quantitative estimate of drug-likeness (QED) is 0.0981. The summed E-state index contributed by atoms with van der Waals surface area (Å²) in [6.07, 6.45) is -17.2. The lowest BCUT2D eigenvalue weighted by molar-refractivity contribution is -0.482. The van der Waals surface area contributed by atoms with Gasteiger partial charge in [-0.15, -0.1) is 0 Å². The van der Waals surface area contributed by atoms with Crippen molar-refractivity contribution in [1.29, 1.82) is 0 Å². The SMILES string of the molecule is FC(F)(F)C(F)(F)C(F)(F)C(F)(F)C(F)(F)C(F)(F)C(F)(F)C(F)(F)C(F)(F)C(F)(F)C(F)(F)C(F)(F)c1cc(N2CCN(c3cccc(C(F)(F)C(F)(F)C(F)(F)C(F)(F)C(F)(F)C(F)(F)C(F)(F)C(F)(F)C(F)(F)C(F)(F)C(F)(F)C(F)(F)F)n3)CC2)ccn1. The Balaban J connectivity index is 2.02. The molecule has 1 aliphatic rings. The molecule has 1 saturated heterocycles. The molecule has 92 heavy (non-hydrogen) atoms. The lowest BCUT2D eigenvalue weighted by Gasteiger charge is -2.45. The van der Waals surface area contributed by atoms with Crippen molar-refractivity contribution in [3.8, 4) is 0 Å². The van der Waals surface area contributed by atoms with Crippen LogP contribution in [0.5, 0.6) is 0 Å². The van der Waals surface area contributed by atoms with Gasteiger partial charge < -0.3 is 9.80 Å². The van der Waals surface area contributed by atoms with Crippen LogP contribution in [0.4, 0.5) is 231 Å². The minimum Gasteiger partial charge on any atom is -0.368 e. The number of alkyl halides is 50. The first-order chi connectivity index (χ1) is 39.6. The highest BCUT2D eigenvalue weighted by Gasteiger charge is 3.02. The van der Waals surface area contributed by atoms with Crippen molar-refractivity contribution in [1.82, 2.24) is 9.97 Å². The predicted octanol–water partition coefficient (Wildman–Crippen LogP) is 17.8. The summed E-state index contributed by atoms with van der Waals surface area (Å²) in [4.78, 5) is 5.04.